The second-order valence-electron chi connectivity index (χ2n) is 4.90. The van der Waals surface area contributed by atoms with Crippen LogP contribution in [0.15, 0.2) is 12.2 Å². The van der Waals surface area contributed by atoms with Crippen molar-refractivity contribution >= 4 is 29.6 Å². The fraction of sp³-hybridized carbons (Fsp3) is 0.417. The Morgan fingerprint density at radius 2 is 1.65 bits per heavy atom. The first-order valence-electron chi connectivity index (χ1n) is 6.19. The second kappa shape index (κ2) is 4.07. The third-order valence-electron chi connectivity index (χ3n) is 3.90. The van der Waals surface area contributed by atoms with Gasteiger partial charge in [-0.15, -0.1) is 5.06 Å². The Balaban J connectivity index is 1.76. The fourth-order valence-electron chi connectivity index (χ4n) is 2.67. The number of hydrogen-bond donors (Lipinski definition) is 0. The van der Waals surface area contributed by atoms with Crippen LogP contribution in [0.5, 0.6) is 0 Å². The third kappa shape index (κ3) is 1.48. The Kier molecular flexibility index (Phi) is 2.58. The van der Waals surface area contributed by atoms with Gasteiger partial charge in [-0.3, -0.25) is 9.59 Å². The number of hydrogen-bond acceptors (Lipinski definition) is 6. The summed E-state index contributed by atoms with van der Waals surface area (Å²) in [5.41, 5.74) is 0. The molecule has 1 unspecified atom stereocenters. The van der Waals surface area contributed by atoms with E-state index < -0.39 is 40.1 Å². The van der Waals surface area contributed by atoms with Crippen molar-refractivity contribution in [2.75, 3.05) is 6.54 Å². The van der Waals surface area contributed by atoms with Gasteiger partial charge in [0, 0.05) is 12.8 Å². The van der Waals surface area contributed by atoms with E-state index in [1.165, 1.54) is 0 Å². The predicted molar refractivity (Wildman–Crippen MR) is 59.9 cm³/mol. The molecule has 1 atom stereocenters. The number of rotatable bonds is 2. The average Bonchev–Trinajstić information content (AvgIpc) is 2.83. The highest BCUT2D eigenvalue weighted by molar-refractivity contribution is 6.07. The first-order chi connectivity index (χ1) is 9.46. The van der Waals surface area contributed by atoms with Crippen LogP contribution in [-0.2, 0) is 28.8 Å². The maximum absolute atomic E-state index is 12.0. The van der Waals surface area contributed by atoms with Crippen LogP contribution in [0.1, 0.15) is 19.3 Å². The summed E-state index contributed by atoms with van der Waals surface area (Å²) < 4.78 is -0.616. The van der Waals surface area contributed by atoms with Crippen LogP contribution in [0.4, 0.5) is 0 Å². The molecule has 0 N–H and O–H groups in total. The molecule has 8 nitrogen and oxygen atoms in total. The first kappa shape index (κ1) is 12.7. The first-order valence-corrected chi connectivity index (χ1v) is 6.19. The molecule has 3 heterocycles. The standard InChI is InChI=1S/C12H11N2O6/c15-8-1-2-9(16)13(8)20-12(19)7-5-6-14(7)10(17)3-4-11(14)18/h3-4,7H,1-2,5-6H2/q+1. The minimum Gasteiger partial charge on any atom is -0.324 e. The van der Waals surface area contributed by atoms with Gasteiger partial charge in [0.2, 0.25) is 6.04 Å². The predicted octanol–water partition coefficient (Wildman–Crippen LogP) is -1.19. The van der Waals surface area contributed by atoms with Crippen molar-refractivity contribution in [1.29, 1.82) is 0 Å². The minimum atomic E-state index is -0.980. The van der Waals surface area contributed by atoms with Crippen LogP contribution in [0.2, 0.25) is 0 Å². The maximum atomic E-state index is 12.0. The van der Waals surface area contributed by atoms with Crippen LogP contribution >= 0.6 is 0 Å². The molecule has 1 spiro atoms. The lowest BCUT2D eigenvalue weighted by molar-refractivity contribution is -0.833. The highest BCUT2D eigenvalue weighted by Crippen LogP contribution is 2.34. The molecule has 2 saturated heterocycles. The van der Waals surface area contributed by atoms with Crippen molar-refractivity contribution in [2.24, 2.45) is 0 Å². The molecule has 8 heteroatoms. The van der Waals surface area contributed by atoms with Crippen molar-refractivity contribution < 1.29 is 33.3 Å². The number of amides is 4. The van der Waals surface area contributed by atoms with E-state index in [4.69, 9.17) is 4.84 Å². The van der Waals surface area contributed by atoms with Gasteiger partial charge >= 0.3 is 17.8 Å². The van der Waals surface area contributed by atoms with E-state index in [-0.39, 0.29) is 19.4 Å². The normalized spacial score (nSPS) is 27.4. The SMILES string of the molecule is O=C(ON1C(=O)CCC1=O)C1CC[N+]12C(=O)C=CC2=O. The maximum Gasteiger partial charge on any atom is 0.391 e. The Hall–Kier alpha value is -2.35. The molecule has 4 amide bonds. The molecule has 2 fully saturated rings. The van der Waals surface area contributed by atoms with E-state index in [9.17, 15) is 24.0 Å². The Labute approximate surface area is 113 Å². The molecule has 3 rings (SSSR count). The van der Waals surface area contributed by atoms with E-state index in [0.29, 0.717) is 11.5 Å². The number of nitrogens with zero attached hydrogens (tertiary/aromatic N) is 2. The lowest BCUT2D eigenvalue weighted by Crippen LogP contribution is -2.71. The molecule has 0 radical (unpaired) electrons. The van der Waals surface area contributed by atoms with Crippen LogP contribution in [0.3, 0.4) is 0 Å². The fourth-order valence-corrected chi connectivity index (χ4v) is 2.67. The Bertz CT molecular complexity index is 559. The zero-order chi connectivity index (χ0) is 14.5. The Morgan fingerprint density at radius 1 is 1.10 bits per heavy atom. The molecule has 0 bridgehead atoms. The van der Waals surface area contributed by atoms with Gasteiger partial charge in [0.1, 0.15) is 6.54 Å². The van der Waals surface area contributed by atoms with Crippen LogP contribution in [0.25, 0.3) is 0 Å². The number of quaternary nitrogens is 1. The highest BCUT2D eigenvalue weighted by atomic mass is 16.7. The molecule has 104 valence electrons. The molecule has 20 heavy (non-hydrogen) atoms. The van der Waals surface area contributed by atoms with Gasteiger partial charge in [0.25, 0.3) is 11.8 Å². The summed E-state index contributed by atoms with van der Waals surface area (Å²) in [5, 5.41) is 0.426. The molecule has 0 aromatic rings. The molecule has 0 aliphatic carbocycles. The van der Waals surface area contributed by atoms with Gasteiger partial charge in [-0.2, -0.15) is 4.48 Å². The van der Waals surface area contributed by atoms with Crippen molar-refractivity contribution in [1.82, 2.24) is 5.06 Å². The number of hydroxylamine groups is 2. The third-order valence-corrected chi connectivity index (χ3v) is 3.90. The summed E-state index contributed by atoms with van der Waals surface area (Å²) in [6.45, 7) is 0.228. The summed E-state index contributed by atoms with van der Waals surface area (Å²) in [4.78, 5) is 63.1. The number of carbonyl (C=O) groups excluding carboxylic acids is 5. The van der Waals surface area contributed by atoms with Gasteiger partial charge in [0.05, 0.1) is 18.6 Å². The summed E-state index contributed by atoms with van der Waals surface area (Å²) in [5.74, 6) is -3.02. The molecular weight excluding hydrogens is 268 g/mol. The largest absolute Gasteiger partial charge is 0.391 e. The molecule has 3 aliphatic heterocycles. The monoisotopic (exact) mass is 279 g/mol. The quantitative estimate of drug-likeness (QED) is 0.465. The summed E-state index contributed by atoms with van der Waals surface area (Å²) in [7, 11) is 0. The molecule has 3 aliphatic rings. The molecular formula is C12H11N2O6+. The average molecular weight is 279 g/mol. The van der Waals surface area contributed by atoms with Crippen molar-refractivity contribution in [3.8, 4) is 0 Å². The van der Waals surface area contributed by atoms with E-state index in [1.54, 1.807) is 0 Å². The minimum absolute atomic E-state index is 0.00377. The van der Waals surface area contributed by atoms with Crippen LogP contribution < -0.4 is 0 Å². The zero-order valence-corrected chi connectivity index (χ0v) is 10.4. The Morgan fingerprint density at radius 3 is 2.10 bits per heavy atom. The van der Waals surface area contributed by atoms with Gasteiger partial charge < -0.3 is 4.84 Å². The van der Waals surface area contributed by atoms with E-state index in [0.717, 1.165) is 12.2 Å². The number of imide groups is 2. The van der Waals surface area contributed by atoms with E-state index in [1.807, 2.05) is 0 Å². The van der Waals surface area contributed by atoms with Gasteiger partial charge in [0.15, 0.2) is 0 Å². The van der Waals surface area contributed by atoms with Crippen LogP contribution in [0, 0.1) is 0 Å². The van der Waals surface area contributed by atoms with Gasteiger partial charge in [-0.1, -0.05) is 0 Å². The van der Waals surface area contributed by atoms with Crippen molar-refractivity contribution in [3.63, 3.8) is 0 Å². The van der Waals surface area contributed by atoms with Crippen molar-refractivity contribution in [3.05, 3.63) is 12.2 Å². The van der Waals surface area contributed by atoms with Crippen LogP contribution in [-0.4, -0.2) is 51.7 Å². The second-order valence-corrected chi connectivity index (χ2v) is 4.90. The van der Waals surface area contributed by atoms with E-state index in [2.05, 4.69) is 0 Å². The van der Waals surface area contributed by atoms with Gasteiger partial charge in [-0.25, -0.2) is 14.4 Å². The molecule has 0 saturated carbocycles. The number of carbonyl (C=O) groups is 5. The lowest BCUT2D eigenvalue weighted by Gasteiger charge is -2.42. The summed E-state index contributed by atoms with van der Waals surface area (Å²) in [6.07, 6.45) is 2.56. The highest BCUT2D eigenvalue weighted by Gasteiger charge is 2.63. The lowest BCUT2D eigenvalue weighted by atomic mass is 9.98. The summed E-state index contributed by atoms with van der Waals surface area (Å²) >= 11 is 0. The van der Waals surface area contributed by atoms with E-state index >= 15 is 0 Å². The molecule has 0 aromatic carbocycles. The van der Waals surface area contributed by atoms with Gasteiger partial charge in [-0.05, 0) is 0 Å². The summed E-state index contributed by atoms with van der Waals surface area (Å²) in [6, 6.07) is -0.980. The topological polar surface area (TPSA) is 97.8 Å². The van der Waals surface area contributed by atoms with Crippen molar-refractivity contribution in [2.45, 2.75) is 25.3 Å². The zero-order valence-electron chi connectivity index (χ0n) is 10.4. The molecule has 0 aromatic heterocycles. The smallest absolute Gasteiger partial charge is 0.324 e.